The fourth-order valence-electron chi connectivity index (χ4n) is 3.14. The molecule has 150 valence electrons. The number of hydrogen-bond acceptors (Lipinski definition) is 5. The third kappa shape index (κ3) is 4.21. The van der Waals surface area contributed by atoms with Gasteiger partial charge < -0.3 is 15.7 Å². The Morgan fingerprint density at radius 2 is 1.96 bits per heavy atom. The van der Waals surface area contributed by atoms with E-state index in [1.807, 2.05) is 6.92 Å². The van der Waals surface area contributed by atoms with Crippen LogP contribution in [0.3, 0.4) is 0 Å². The lowest BCUT2D eigenvalue weighted by molar-refractivity contribution is -0.140. The van der Waals surface area contributed by atoms with Gasteiger partial charge in [0.05, 0.1) is 17.4 Å². The van der Waals surface area contributed by atoms with E-state index in [0.29, 0.717) is 12.2 Å². The highest BCUT2D eigenvalue weighted by Crippen LogP contribution is 2.20. The highest BCUT2D eigenvalue weighted by molar-refractivity contribution is 6.08. The average Bonchev–Trinajstić information content (AvgIpc) is 3.41. The zero-order valence-corrected chi connectivity index (χ0v) is 15.9. The van der Waals surface area contributed by atoms with E-state index in [1.54, 1.807) is 10.9 Å². The van der Waals surface area contributed by atoms with Crippen molar-refractivity contribution in [3.8, 4) is 0 Å². The Kier molecular flexibility index (Phi) is 5.76. The van der Waals surface area contributed by atoms with Gasteiger partial charge in [0.15, 0.2) is 5.69 Å². The minimum Gasteiger partial charge on any atom is -0.480 e. The molecule has 2 aromatic rings. The molecule has 28 heavy (non-hydrogen) atoms. The predicted molar refractivity (Wildman–Crippen MR) is 100 cm³/mol. The molecule has 0 aromatic carbocycles. The first-order chi connectivity index (χ1) is 13.4. The van der Waals surface area contributed by atoms with E-state index in [-0.39, 0.29) is 23.2 Å². The minimum absolute atomic E-state index is 0.138. The molecule has 0 spiro atoms. The Bertz CT molecular complexity index is 881. The Hall–Kier alpha value is -3.17. The van der Waals surface area contributed by atoms with Crippen LogP contribution in [0.5, 0.6) is 0 Å². The number of amides is 2. The number of nitrogens with zero attached hydrogens (tertiary/aromatic N) is 4. The number of aromatic nitrogens is 4. The van der Waals surface area contributed by atoms with Gasteiger partial charge in [-0.15, -0.1) is 0 Å². The number of anilines is 1. The molecule has 0 bridgehead atoms. The highest BCUT2D eigenvalue weighted by atomic mass is 16.4. The summed E-state index contributed by atoms with van der Waals surface area (Å²) in [5.41, 5.74) is 0.661. The number of aliphatic carboxylic acids is 1. The maximum absolute atomic E-state index is 12.6. The molecule has 1 aliphatic rings. The van der Waals surface area contributed by atoms with Gasteiger partial charge in [0.2, 0.25) is 0 Å². The van der Waals surface area contributed by atoms with Crippen molar-refractivity contribution in [1.82, 2.24) is 24.9 Å². The zero-order valence-electron chi connectivity index (χ0n) is 15.9. The summed E-state index contributed by atoms with van der Waals surface area (Å²) < 4.78 is 2.77. The summed E-state index contributed by atoms with van der Waals surface area (Å²) in [4.78, 5) is 36.2. The van der Waals surface area contributed by atoms with E-state index in [1.165, 1.54) is 24.0 Å². The number of aryl methyl sites for hydroxylation is 1. The van der Waals surface area contributed by atoms with E-state index in [2.05, 4.69) is 20.8 Å². The van der Waals surface area contributed by atoms with Crippen LogP contribution in [0.15, 0.2) is 18.6 Å². The van der Waals surface area contributed by atoms with Crippen LogP contribution in [0.4, 0.5) is 5.69 Å². The minimum atomic E-state index is -1.05. The van der Waals surface area contributed by atoms with E-state index in [0.717, 1.165) is 25.7 Å². The maximum Gasteiger partial charge on any atom is 0.328 e. The van der Waals surface area contributed by atoms with E-state index in [9.17, 15) is 14.4 Å². The van der Waals surface area contributed by atoms with Crippen molar-refractivity contribution in [3.05, 3.63) is 29.8 Å². The molecule has 1 unspecified atom stereocenters. The normalized spacial score (nSPS) is 15.4. The molecular weight excluding hydrogens is 364 g/mol. The van der Waals surface area contributed by atoms with Gasteiger partial charge in [0, 0.05) is 25.0 Å². The van der Waals surface area contributed by atoms with Crippen LogP contribution in [0.1, 0.15) is 66.4 Å². The van der Waals surface area contributed by atoms with Crippen LogP contribution in [0.2, 0.25) is 0 Å². The molecule has 1 fully saturated rings. The Morgan fingerprint density at radius 1 is 1.25 bits per heavy atom. The maximum atomic E-state index is 12.6. The summed E-state index contributed by atoms with van der Waals surface area (Å²) >= 11 is 0. The van der Waals surface area contributed by atoms with Crippen molar-refractivity contribution < 1.29 is 19.5 Å². The van der Waals surface area contributed by atoms with Gasteiger partial charge in [-0.05, 0) is 26.7 Å². The zero-order chi connectivity index (χ0) is 20.3. The smallest absolute Gasteiger partial charge is 0.328 e. The molecular formula is C18H24N6O4. The van der Waals surface area contributed by atoms with Gasteiger partial charge in [0.1, 0.15) is 6.04 Å². The molecule has 10 nitrogen and oxygen atoms in total. The monoisotopic (exact) mass is 388 g/mol. The molecule has 2 amide bonds. The number of carbonyl (C=O) groups excluding carboxylic acids is 2. The van der Waals surface area contributed by atoms with Crippen LogP contribution >= 0.6 is 0 Å². The Morgan fingerprint density at radius 3 is 2.61 bits per heavy atom. The molecule has 3 N–H and O–H groups in total. The number of rotatable bonds is 7. The number of carboxylic acids is 1. The first kappa shape index (κ1) is 19.6. The lowest BCUT2D eigenvalue weighted by Gasteiger charge is -2.11. The number of hydrogen-bond donors (Lipinski definition) is 3. The van der Waals surface area contributed by atoms with Crippen molar-refractivity contribution in [2.24, 2.45) is 0 Å². The van der Waals surface area contributed by atoms with Gasteiger partial charge in [-0.25, -0.2) is 4.79 Å². The molecule has 1 atom stereocenters. The standard InChI is InChI=1S/C18H24N6O4/c1-3-23-10-14(15(22-23)17(26)20-13-6-4-5-7-13)21-16(25)12-8-19-24(9-12)11(2)18(27)28/h8-11,13H,3-7H2,1-2H3,(H,20,26)(H,21,25)(H,27,28). The van der Waals surface area contributed by atoms with Gasteiger partial charge in [-0.1, -0.05) is 12.8 Å². The Balaban J connectivity index is 1.75. The van der Waals surface area contributed by atoms with Crippen LogP contribution < -0.4 is 10.6 Å². The summed E-state index contributed by atoms with van der Waals surface area (Å²) in [6.45, 7) is 3.90. The van der Waals surface area contributed by atoms with E-state index in [4.69, 9.17) is 5.11 Å². The molecule has 0 aliphatic heterocycles. The second-order valence-corrected chi connectivity index (χ2v) is 6.88. The molecule has 3 rings (SSSR count). The third-order valence-electron chi connectivity index (χ3n) is 4.86. The van der Waals surface area contributed by atoms with Crippen molar-refractivity contribution in [2.45, 2.75) is 58.2 Å². The fraction of sp³-hybridized carbons (Fsp3) is 0.500. The summed E-state index contributed by atoms with van der Waals surface area (Å²) in [5, 5.41) is 22.9. The summed E-state index contributed by atoms with van der Waals surface area (Å²) in [5.74, 6) is -1.86. The van der Waals surface area contributed by atoms with Crippen molar-refractivity contribution >= 4 is 23.5 Å². The summed E-state index contributed by atoms with van der Waals surface area (Å²) in [6, 6.07) is -0.754. The van der Waals surface area contributed by atoms with E-state index >= 15 is 0 Å². The third-order valence-corrected chi connectivity index (χ3v) is 4.86. The quantitative estimate of drug-likeness (QED) is 0.661. The molecule has 1 saturated carbocycles. The van der Waals surface area contributed by atoms with Crippen LogP contribution in [-0.4, -0.2) is 48.5 Å². The average molecular weight is 388 g/mol. The van der Waals surface area contributed by atoms with Crippen molar-refractivity contribution in [3.63, 3.8) is 0 Å². The van der Waals surface area contributed by atoms with Crippen LogP contribution in [0, 0.1) is 0 Å². The molecule has 0 saturated heterocycles. The predicted octanol–water partition coefficient (Wildman–Crippen LogP) is 1.67. The van der Waals surface area contributed by atoms with Gasteiger partial charge >= 0.3 is 5.97 Å². The number of carbonyl (C=O) groups is 3. The highest BCUT2D eigenvalue weighted by Gasteiger charge is 2.24. The second-order valence-electron chi connectivity index (χ2n) is 6.88. The lowest BCUT2D eigenvalue weighted by Crippen LogP contribution is -2.33. The fourth-order valence-corrected chi connectivity index (χ4v) is 3.14. The topological polar surface area (TPSA) is 131 Å². The number of nitrogens with one attached hydrogen (secondary N) is 2. The van der Waals surface area contributed by atoms with Crippen LogP contribution in [-0.2, 0) is 11.3 Å². The first-order valence-electron chi connectivity index (χ1n) is 9.35. The molecule has 2 aromatic heterocycles. The van der Waals surface area contributed by atoms with E-state index < -0.39 is 17.9 Å². The van der Waals surface area contributed by atoms with Crippen molar-refractivity contribution in [2.75, 3.05) is 5.32 Å². The van der Waals surface area contributed by atoms with Crippen molar-refractivity contribution in [1.29, 1.82) is 0 Å². The summed E-state index contributed by atoms with van der Waals surface area (Å²) in [7, 11) is 0. The van der Waals surface area contributed by atoms with Gasteiger partial charge in [-0.2, -0.15) is 10.2 Å². The second kappa shape index (κ2) is 8.24. The molecule has 0 radical (unpaired) electrons. The lowest BCUT2D eigenvalue weighted by atomic mass is 10.2. The number of carboxylic acid groups (broad SMARTS) is 1. The first-order valence-corrected chi connectivity index (χ1v) is 9.35. The summed E-state index contributed by atoms with van der Waals surface area (Å²) in [6.07, 6.45) is 8.33. The van der Waals surface area contributed by atoms with Gasteiger partial charge in [-0.3, -0.25) is 19.0 Å². The van der Waals surface area contributed by atoms with Gasteiger partial charge in [0.25, 0.3) is 11.8 Å². The largest absolute Gasteiger partial charge is 0.480 e. The molecule has 2 heterocycles. The molecule has 10 heteroatoms. The molecule has 1 aliphatic carbocycles. The van der Waals surface area contributed by atoms with Crippen LogP contribution in [0.25, 0.3) is 0 Å². The SMILES string of the molecule is CCn1cc(NC(=O)c2cnn(C(C)C(=O)O)c2)c(C(=O)NC2CCCC2)n1. The Labute approximate surface area is 161 Å².